The lowest BCUT2D eigenvalue weighted by Gasteiger charge is -2.11. The van der Waals surface area contributed by atoms with Gasteiger partial charge in [-0.05, 0) is 45.0 Å². The highest BCUT2D eigenvalue weighted by atomic mass is 35.5. The van der Waals surface area contributed by atoms with E-state index in [9.17, 15) is 9.18 Å². The Morgan fingerprint density at radius 3 is 2.50 bits per heavy atom. The second-order valence-electron chi connectivity index (χ2n) is 5.04. The van der Waals surface area contributed by atoms with Crippen LogP contribution in [0.2, 0.25) is 0 Å². The summed E-state index contributed by atoms with van der Waals surface area (Å²) in [7, 11) is 0. The first-order valence-electron chi connectivity index (χ1n) is 6.77. The van der Waals surface area contributed by atoms with Crippen molar-refractivity contribution in [3.05, 3.63) is 47.0 Å². The molecule has 1 aromatic carbocycles. The van der Waals surface area contributed by atoms with E-state index in [2.05, 4.69) is 10.4 Å². The number of carbonyl (C=O) groups is 1. The summed E-state index contributed by atoms with van der Waals surface area (Å²) in [5.41, 5.74) is 8.09. The Morgan fingerprint density at radius 1 is 1.36 bits per heavy atom. The van der Waals surface area contributed by atoms with Gasteiger partial charge in [-0.2, -0.15) is 5.10 Å². The van der Waals surface area contributed by atoms with E-state index in [1.54, 1.807) is 23.7 Å². The Labute approximate surface area is 135 Å². The van der Waals surface area contributed by atoms with Crippen molar-refractivity contribution in [3.63, 3.8) is 0 Å². The summed E-state index contributed by atoms with van der Waals surface area (Å²) in [4.78, 5) is 12.3. The lowest BCUT2D eigenvalue weighted by Crippen LogP contribution is -2.38. The maximum Gasteiger partial charge on any atom is 0.255 e. The molecule has 0 aliphatic carbocycles. The van der Waals surface area contributed by atoms with Gasteiger partial charge in [-0.3, -0.25) is 4.79 Å². The smallest absolute Gasteiger partial charge is 0.255 e. The predicted octanol–water partition coefficient (Wildman–Crippen LogP) is 2.13. The van der Waals surface area contributed by atoms with E-state index in [1.807, 2.05) is 13.8 Å². The van der Waals surface area contributed by atoms with Crippen LogP contribution in [0.1, 0.15) is 28.7 Å². The summed E-state index contributed by atoms with van der Waals surface area (Å²) in [6, 6.07) is 5.87. The van der Waals surface area contributed by atoms with Crippen LogP contribution < -0.4 is 11.1 Å². The van der Waals surface area contributed by atoms with Gasteiger partial charge in [0.05, 0.1) is 22.6 Å². The van der Waals surface area contributed by atoms with E-state index >= 15 is 0 Å². The fourth-order valence-electron chi connectivity index (χ4n) is 2.16. The molecule has 3 N–H and O–H groups in total. The largest absolute Gasteiger partial charge is 0.348 e. The number of rotatable bonds is 4. The van der Waals surface area contributed by atoms with Crippen molar-refractivity contribution in [2.24, 2.45) is 5.73 Å². The average molecular weight is 327 g/mol. The van der Waals surface area contributed by atoms with Gasteiger partial charge in [-0.25, -0.2) is 9.07 Å². The monoisotopic (exact) mass is 326 g/mol. The fraction of sp³-hybridized carbons (Fsp3) is 0.333. The number of aryl methyl sites for hydroxylation is 1. The summed E-state index contributed by atoms with van der Waals surface area (Å²) in [6.45, 7) is 5.79. The zero-order valence-corrected chi connectivity index (χ0v) is 13.6. The molecule has 1 amide bonds. The highest BCUT2D eigenvalue weighted by Crippen LogP contribution is 2.18. The van der Waals surface area contributed by atoms with Crippen molar-refractivity contribution >= 4 is 18.3 Å². The number of hydrogen-bond acceptors (Lipinski definition) is 3. The maximum atomic E-state index is 13.0. The van der Waals surface area contributed by atoms with E-state index in [4.69, 9.17) is 5.73 Å². The van der Waals surface area contributed by atoms with Gasteiger partial charge in [0.25, 0.3) is 5.91 Å². The molecule has 2 aromatic rings. The van der Waals surface area contributed by atoms with Gasteiger partial charge in [0.2, 0.25) is 0 Å². The van der Waals surface area contributed by atoms with Gasteiger partial charge in [-0.15, -0.1) is 12.4 Å². The van der Waals surface area contributed by atoms with Crippen molar-refractivity contribution in [2.75, 3.05) is 6.54 Å². The summed E-state index contributed by atoms with van der Waals surface area (Å²) in [6.07, 6.45) is 0. The van der Waals surface area contributed by atoms with Crippen LogP contribution in [0.3, 0.4) is 0 Å². The molecule has 1 aromatic heterocycles. The van der Waals surface area contributed by atoms with E-state index in [1.165, 1.54) is 12.1 Å². The van der Waals surface area contributed by atoms with Crippen molar-refractivity contribution in [1.29, 1.82) is 0 Å². The van der Waals surface area contributed by atoms with Crippen LogP contribution >= 0.6 is 12.4 Å². The van der Waals surface area contributed by atoms with Crippen molar-refractivity contribution in [3.8, 4) is 5.69 Å². The van der Waals surface area contributed by atoms with Gasteiger partial charge < -0.3 is 11.1 Å². The lowest BCUT2D eigenvalue weighted by molar-refractivity contribution is 0.0940. The number of halogens is 2. The van der Waals surface area contributed by atoms with E-state index in [0.29, 0.717) is 29.2 Å². The second kappa shape index (κ2) is 7.38. The van der Waals surface area contributed by atoms with Crippen LogP contribution in [0.25, 0.3) is 5.69 Å². The molecule has 0 fully saturated rings. The number of amides is 1. The minimum Gasteiger partial charge on any atom is -0.348 e. The molecule has 0 bridgehead atoms. The van der Waals surface area contributed by atoms with Crippen LogP contribution in [0.5, 0.6) is 0 Å². The summed E-state index contributed by atoms with van der Waals surface area (Å²) >= 11 is 0. The lowest BCUT2D eigenvalue weighted by atomic mass is 10.1. The van der Waals surface area contributed by atoms with Gasteiger partial charge in [0.1, 0.15) is 5.82 Å². The number of benzene rings is 1. The minimum absolute atomic E-state index is 0. The first kappa shape index (κ1) is 18.1. The topological polar surface area (TPSA) is 72.9 Å². The molecule has 1 heterocycles. The van der Waals surface area contributed by atoms with E-state index < -0.39 is 0 Å². The Kier molecular flexibility index (Phi) is 6.08. The first-order valence-corrected chi connectivity index (χ1v) is 6.77. The molecule has 0 unspecified atom stereocenters. The summed E-state index contributed by atoms with van der Waals surface area (Å²) in [5.74, 6) is -0.508. The Balaban J connectivity index is 0.00000242. The van der Waals surface area contributed by atoms with Crippen LogP contribution in [0.4, 0.5) is 4.39 Å². The molecule has 120 valence electrons. The van der Waals surface area contributed by atoms with Crippen LogP contribution in [-0.4, -0.2) is 28.3 Å². The number of nitrogens with zero attached hydrogens (tertiary/aromatic N) is 2. The predicted molar refractivity (Wildman–Crippen MR) is 86.2 cm³/mol. The molecule has 0 radical (unpaired) electrons. The molecule has 0 spiro atoms. The number of nitrogens with two attached hydrogens (primary N) is 1. The molecule has 0 aliphatic rings. The van der Waals surface area contributed by atoms with Crippen LogP contribution in [0.15, 0.2) is 24.3 Å². The number of aromatic nitrogens is 2. The fourth-order valence-corrected chi connectivity index (χ4v) is 2.16. The standard InChI is InChI=1S/C15H19FN4O.ClH/c1-9(8-17)18-15(21)14-10(2)19-20(11(14)3)13-6-4-12(16)5-7-13;/h4-7,9H,8,17H2,1-3H3,(H,18,21);1H/t9-;/m0./s1. The second-order valence-corrected chi connectivity index (χ2v) is 5.04. The van der Waals surface area contributed by atoms with Crippen molar-refractivity contribution < 1.29 is 9.18 Å². The Hall–Kier alpha value is -1.92. The highest BCUT2D eigenvalue weighted by Gasteiger charge is 2.20. The highest BCUT2D eigenvalue weighted by molar-refractivity contribution is 5.96. The normalized spacial score (nSPS) is 11.7. The third kappa shape index (κ3) is 3.64. The first-order chi connectivity index (χ1) is 9.93. The van der Waals surface area contributed by atoms with E-state index in [-0.39, 0.29) is 30.2 Å². The summed E-state index contributed by atoms with van der Waals surface area (Å²) < 4.78 is 14.6. The molecule has 22 heavy (non-hydrogen) atoms. The van der Waals surface area contributed by atoms with Crippen LogP contribution in [-0.2, 0) is 0 Å². The molecule has 7 heteroatoms. The quantitative estimate of drug-likeness (QED) is 0.904. The van der Waals surface area contributed by atoms with Gasteiger partial charge in [-0.1, -0.05) is 0 Å². The molecule has 1 atom stereocenters. The summed E-state index contributed by atoms with van der Waals surface area (Å²) in [5, 5.41) is 7.19. The average Bonchev–Trinajstić information content (AvgIpc) is 2.74. The minimum atomic E-state index is -0.310. The van der Waals surface area contributed by atoms with Crippen LogP contribution in [0, 0.1) is 19.7 Å². The molecule has 2 rings (SSSR count). The third-order valence-electron chi connectivity index (χ3n) is 3.32. The maximum absolute atomic E-state index is 13.0. The van der Waals surface area contributed by atoms with Gasteiger partial charge in [0, 0.05) is 12.6 Å². The van der Waals surface area contributed by atoms with Crippen molar-refractivity contribution in [2.45, 2.75) is 26.8 Å². The molecule has 0 saturated heterocycles. The number of hydrogen-bond donors (Lipinski definition) is 2. The molecule has 5 nitrogen and oxygen atoms in total. The molecule has 0 aliphatic heterocycles. The molecular weight excluding hydrogens is 307 g/mol. The Bertz CT molecular complexity index is 654. The SMILES string of the molecule is Cc1nn(-c2ccc(F)cc2)c(C)c1C(=O)N[C@@H](C)CN.Cl. The van der Waals surface area contributed by atoms with E-state index in [0.717, 1.165) is 0 Å². The number of nitrogens with one attached hydrogen (secondary N) is 1. The zero-order valence-electron chi connectivity index (χ0n) is 12.8. The Morgan fingerprint density at radius 2 is 1.95 bits per heavy atom. The molecular formula is C15H20ClFN4O. The molecule has 0 saturated carbocycles. The van der Waals surface area contributed by atoms with Crippen molar-refractivity contribution in [1.82, 2.24) is 15.1 Å². The zero-order chi connectivity index (χ0) is 15.6. The third-order valence-corrected chi connectivity index (χ3v) is 3.32. The van der Waals surface area contributed by atoms with Gasteiger partial charge in [0.15, 0.2) is 0 Å². The van der Waals surface area contributed by atoms with Gasteiger partial charge >= 0.3 is 0 Å². The number of carbonyl (C=O) groups excluding carboxylic acids is 1.